The van der Waals surface area contributed by atoms with Crippen molar-refractivity contribution in [3.05, 3.63) is 52.5 Å². The van der Waals surface area contributed by atoms with E-state index in [1.807, 2.05) is 25.1 Å². The van der Waals surface area contributed by atoms with Crippen molar-refractivity contribution < 1.29 is 14.6 Å². The molecular formula is C20H16BrN3O3. The number of hydrogen-bond acceptors (Lipinski definition) is 4. The van der Waals surface area contributed by atoms with Crippen LogP contribution in [0.4, 0.5) is 5.69 Å². The Balaban J connectivity index is 1.81. The summed E-state index contributed by atoms with van der Waals surface area (Å²) in [5.41, 5.74) is 1.98. The molecule has 0 saturated carbocycles. The molecule has 0 spiro atoms. The number of aromatic nitrogens is 1. The van der Waals surface area contributed by atoms with E-state index in [4.69, 9.17) is 11.2 Å². The van der Waals surface area contributed by atoms with Crippen molar-refractivity contribution in [2.24, 2.45) is 10.2 Å². The van der Waals surface area contributed by atoms with E-state index in [1.54, 1.807) is 24.3 Å². The summed E-state index contributed by atoms with van der Waals surface area (Å²) in [5.74, 6) is 2.35. The monoisotopic (exact) mass is 425 g/mol. The highest BCUT2D eigenvalue weighted by molar-refractivity contribution is 9.10. The third-order valence-electron chi connectivity index (χ3n) is 3.87. The first kappa shape index (κ1) is 18.7. The molecule has 27 heavy (non-hydrogen) atoms. The number of fused-ring (bicyclic) bond motifs is 1. The molecule has 0 unspecified atom stereocenters. The fraction of sp³-hybridized carbons (Fsp3) is 0.150. The normalized spacial score (nSPS) is 11.0. The van der Waals surface area contributed by atoms with Crippen LogP contribution in [0.5, 0.6) is 11.6 Å². The van der Waals surface area contributed by atoms with Gasteiger partial charge < -0.3 is 9.84 Å². The maximum absolute atomic E-state index is 12.0. The highest BCUT2D eigenvalue weighted by Crippen LogP contribution is 2.39. The number of rotatable bonds is 5. The molecule has 0 bridgehead atoms. The molecule has 0 atom stereocenters. The molecule has 136 valence electrons. The Morgan fingerprint density at radius 3 is 2.74 bits per heavy atom. The van der Waals surface area contributed by atoms with E-state index < -0.39 is 5.91 Å². The van der Waals surface area contributed by atoms with E-state index >= 15 is 0 Å². The van der Waals surface area contributed by atoms with Crippen LogP contribution in [0.3, 0.4) is 0 Å². The average Bonchev–Trinajstić information content (AvgIpc) is 2.91. The SMILES string of the molecule is C#CCn1c(O)c(N=NC(=O)COc2ccc(C)cc2)c2cc(Br)ccc21. The lowest BCUT2D eigenvalue weighted by Crippen LogP contribution is -2.07. The summed E-state index contributed by atoms with van der Waals surface area (Å²) in [4.78, 5) is 12.0. The first-order valence-corrected chi connectivity index (χ1v) is 8.87. The number of ether oxygens (including phenoxy) is 1. The predicted molar refractivity (Wildman–Crippen MR) is 106 cm³/mol. The van der Waals surface area contributed by atoms with Crippen molar-refractivity contribution >= 4 is 38.4 Å². The van der Waals surface area contributed by atoms with Crippen molar-refractivity contribution in [3.8, 4) is 24.0 Å². The molecule has 3 aromatic rings. The molecule has 1 amide bonds. The van der Waals surface area contributed by atoms with E-state index in [0.29, 0.717) is 16.7 Å². The number of azo groups is 1. The third kappa shape index (κ3) is 4.18. The van der Waals surface area contributed by atoms with Crippen LogP contribution >= 0.6 is 15.9 Å². The van der Waals surface area contributed by atoms with Gasteiger partial charge in [-0.25, -0.2) is 0 Å². The second-order valence-electron chi connectivity index (χ2n) is 5.82. The van der Waals surface area contributed by atoms with Gasteiger partial charge >= 0.3 is 5.91 Å². The van der Waals surface area contributed by atoms with Crippen molar-refractivity contribution in [1.82, 2.24) is 4.57 Å². The van der Waals surface area contributed by atoms with E-state index in [-0.39, 0.29) is 24.7 Å². The fourth-order valence-electron chi connectivity index (χ4n) is 2.56. The molecule has 2 aromatic carbocycles. The number of terminal acetylenes is 1. The van der Waals surface area contributed by atoms with Crippen LogP contribution in [0.1, 0.15) is 5.56 Å². The standard InChI is InChI=1S/C20H16BrN3O3/c1-3-10-24-17-9-6-14(21)11-16(17)19(20(24)26)23-22-18(25)12-27-15-7-4-13(2)5-8-15/h1,4-9,11,26H,10,12H2,2H3. The zero-order valence-electron chi connectivity index (χ0n) is 14.5. The zero-order valence-corrected chi connectivity index (χ0v) is 16.1. The summed E-state index contributed by atoms with van der Waals surface area (Å²) in [5, 5.41) is 18.7. The van der Waals surface area contributed by atoms with Crippen LogP contribution in [-0.4, -0.2) is 22.2 Å². The second-order valence-corrected chi connectivity index (χ2v) is 6.74. The van der Waals surface area contributed by atoms with Crippen LogP contribution < -0.4 is 4.74 Å². The molecule has 0 radical (unpaired) electrons. The lowest BCUT2D eigenvalue weighted by atomic mass is 10.2. The maximum Gasteiger partial charge on any atom is 0.302 e. The second kappa shape index (κ2) is 8.06. The summed E-state index contributed by atoms with van der Waals surface area (Å²) in [6, 6.07) is 12.7. The van der Waals surface area contributed by atoms with E-state index in [1.165, 1.54) is 4.57 Å². The Bertz CT molecular complexity index is 1060. The summed E-state index contributed by atoms with van der Waals surface area (Å²) < 4.78 is 7.72. The molecule has 0 saturated heterocycles. The summed E-state index contributed by atoms with van der Waals surface area (Å²) in [6.07, 6.45) is 5.37. The molecule has 1 aromatic heterocycles. The Labute approximate surface area is 164 Å². The van der Waals surface area contributed by atoms with Crippen molar-refractivity contribution in [3.63, 3.8) is 0 Å². The van der Waals surface area contributed by atoms with Crippen LogP contribution in [0.25, 0.3) is 10.9 Å². The highest BCUT2D eigenvalue weighted by Gasteiger charge is 2.17. The number of carbonyl (C=O) groups excluding carboxylic acids is 1. The van der Waals surface area contributed by atoms with Crippen LogP contribution in [0.2, 0.25) is 0 Å². The fourth-order valence-corrected chi connectivity index (χ4v) is 2.92. The van der Waals surface area contributed by atoms with Gasteiger partial charge in [-0.05, 0) is 37.3 Å². The topological polar surface area (TPSA) is 76.2 Å². The molecule has 0 aliphatic heterocycles. The first-order chi connectivity index (χ1) is 13.0. The van der Waals surface area contributed by atoms with Gasteiger partial charge in [0.2, 0.25) is 5.88 Å². The molecule has 1 heterocycles. The number of halogens is 1. The molecule has 1 N–H and O–H groups in total. The highest BCUT2D eigenvalue weighted by atomic mass is 79.9. The summed E-state index contributed by atoms with van der Waals surface area (Å²) in [6.45, 7) is 1.88. The molecule has 0 aliphatic rings. The Kier molecular flexibility index (Phi) is 5.57. The minimum atomic E-state index is -0.567. The number of carbonyl (C=O) groups is 1. The number of aromatic hydroxyl groups is 1. The lowest BCUT2D eigenvalue weighted by Gasteiger charge is -2.02. The van der Waals surface area contributed by atoms with Gasteiger partial charge in [-0.15, -0.1) is 16.7 Å². The molecule has 3 rings (SSSR count). The van der Waals surface area contributed by atoms with Gasteiger partial charge in [0.1, 0.15) is 5.75 Å². The van der Waals surface area contributed by atoms with Gasteiger partial charge in [0.15, 0.2) is 12.3 Å². The molecule has 6 nitrogen and oxygen atoms in total. The van der Waals surface area contributed by atoms with Crippen molar-refractivity contribution in [2.45, 2.75) is 13.5 Å². The van der Waals surface area contributed by atoms with Gasteiger partial charge in [0.05, 0.1) is 12.1 Å². The molecular weight excluding hydrogens is 410 g/mol. The first-order valence-electron chi connectivity index (χ1n) is 8.08. The largest absolute Gasteiger partial charge is 0.493 e. The molecule has 0 aliphatic carbocycles. The van der Waals surface area contributed by atoms with E-state index in [0.717, 1.165) is 10.0 Å². The van der Waals surface area contributed by atoms with Crippen molar-refractivity contribution in [2.75, 3.05) is 6.61 Å². The van der Waals surface area contributed by atoms with Gasteiger partial charge in [0, 0.05) is 9.86 Å². The van der Waals surface area contributed by atoms with Gasteiger partial charge in [-0.1, -0.05) is 39.5 Å². The maximum atomic E-state index is 12.0. The third-order valence-corrected chi connectivity index (χ3v) is 4.36. The van der Waals surface area contributed by atoms with Crippen molar-refractivity contribution in [1.29, 1.82) is 0 Å². The van der Waals surface area contributed by atoms with Crippen LogP contribution in [0.15, 0.2) is 57.2 Å². The van der Waals surface area contributed by atoms with Gasteiger partial charge in [0.25, 0.3) is 0 Å². The number of aryl methyl sites for hydroxylation is 1. The quantitative estimate of drug-likeness (QED) is 0.473. The zero-order chi connectivity index (χ0) is 19.4. The Morgan fingerprint density at radius 1 is 1.30 bits per heavy atom. The predicted octanol–water partition coefficient (Wildman–Crippen LogP) is 4.74. The van der Waals surface area contributed by atoms with Gasteiger partial charge in [-0.3, -0.25) is 9.36 Å². The van der Waals surface area contributed by atoms with Gasteiger partial charge in [-0.2, -0.15) is 0 Å². The average molecular weight is 426 g/mol. The Morgan fingerprint density at radius 2 is 2.04 bits per heavy atom. The Hall–Kier alpha value is -3.11. The number of benzene rings is 2. The van der Waals surface area contributed by atoms with Crippen LogP contribution in [0, 0.1) is 19.3 Å². The summed E-state index contributed by atoms with van der Waals surface area (Å²) in [7, 11) is 0. The minimum Gasteiger partial charge on any atom is -0.493 e. The van der Waals surface area contributed by atoms with E-state index in [9.17, 15) is 9.90 Å². The lowest BCUT2D eigenvalue weighted by molar-refractivity contribution is -0.120. The minimum absolute atomic E-state index is 0.142. The number of nitrogens with zero attached hydrogens (tertiary/aromatic N) is 3. The van der Waals surface area contributed by atoms with Crippen LogP contribution in [-0.2, 0) is 11.3 Å². The summed E-state index contributed by atoms with van der Waals surface area (Å²) >= 11 is 3.38. The van der Waals surface area contributed by atoms with E-state index in [2.05, 4.69) is 32.1 Å². The number of amides is 1. The molecule has 7 heteroatoms. The number of hydrogen-bond donors (Lipinski definition) is 1. The smallest absolute Gasteiger partial charge is 0.302 e. The molecule has 0 fully saturated rings.